The van der Waals surface area contributed by atoms with Crippen molar-refractivity contribution in [3.05, 3.63) is 106 Å². The number of carbonyl (C=O) groups is 2. The lowest BCUT2D eigenvalue weighted by Crippen LogP contribution is -2.24. The molecular formula is C24H19N3O6. The average Bonchev–Trinajstić information content (AvgIpc) is 2.83. The largest absolute Gasteiger partial charge is 0.484 e. The molecule has 166 valence electrons. The molecule has 0 bridgehead atoms. The molecule has 0 saturated heterocycles. The Morgan fingerprint density at radius 1 is 0.909 bits per heavy atom. The van der Waals surface area contributed by atoms with Crippen LogP contribution >= 0.6 is 0 Å². The highest BCUT2D eigenvalue weighted by Gasteiger charge is 2.06. The van der Waals surface area contributed by atoms with Gasteiger partial charge in [0.15, 0.2) is 6.61 Å². The van der Waals surface area contributed by atoms with E-state index in [1.807, 2.05) is 30.3 Å². The van der Waals surface area contributed by atoms with Gasteiger partial charge in [-0.25, -0.2) is 10.2 Å². The zero-order valence-electron chi connectivity index (χ0n) is 17.3. The Labute approximate surface area is 189 Å². The fraction of sp³-hybridized carbons (Fsp3) is 0.0417. The Hall–Kier alpha value is -4.79. The first-order valence-electron chi connectivity index (χ1n) is 9.74. The van der Waals surface area contributed by atoms with Crippen molar-refractivity contribution in [2.24, 2.45) is 5.10 Å². The minimum atomic E-state index is -0.523. The molecule has 0 spiro atoms. The van der Waals surface area contributed by atoms with Gasteiger partial charge in [-0.2, -0.15) is 5.10 Å². The van der Waals surface area contributed by atoms with Gasteiger partial charge in [0.2, 0.25) is 0 Å². The van der Waals surface area contributed by atoms with Crippen LogP contribution < -0.4 is 14.9 Å². The molecule has 0 heterocycles. The molecule has 1 N–H and O–H groups in total. The van der Waals surface area contributed by atoms with E-state index in [1.165, 1.54) is 36.6 Å². The highest BCUT2D eigenvalue weighted by Crippen LogP contribution is 2.17. The first-order valence-corrected chi connectivity index (χ1v) is 9.74. The number of hydrazone groups is 1. The molecule has 3 rings (SSSR count). The summed E-state index contributed by atoms with van der Waals surface area (Å²) in [6.07, 6.45) is 4.43. The Morgan fingerprint density at radius 2 is 1.58 bits per heavy atom. The van der Waals surface area contributed by atoms with Gasteiger partial charge in [-0.1, -0.05) is 30.3 Å². The van der Waals surface area contributed by atoms with Gasteiger partial charge in [0, 0.05) is 18.2 Å². The molecule has 0 radical (unpaired) electrons. The lowest BCUT2D eigenvalue weighted by atomic mass is 10.2. The smallest absolute Gasteiger partial charge is 0.336 e. The van der Waals surface area contributed by atoms with Crippen molar-refractivity contribution in [3.63, 3.8) is 0 Å². The third-order valence-electron chi connectivity index (χ3n) is 4.13. The number of nitrogens with zero attached hydrogens (tertiary/aromatic N) is 2. The van der Waals surface area contributed by atoms with Crippen LogP contribution in [0.5, 0.6) is 11.5 Å². The van der Waals surface area contributed by atoms with Crippen molar-refractivity contribution in [1.29, 1.82) is 0 Å². The molecule has 0 aromatic heterocycles. The Balaban J connectivity index is 1.42. The topological polar surface area (TPSA) is 120 Å². The van der Waals surface area contributed by atoms with Crippen LogP contribution in [-0.2, 0) is 9.59 Å². The minimum Gasteiger partial charge on any atom is -0.484 e. The number of hydrogen-bond acceptors (Lipinski definition) is 7. The van der Waals surface area contributed by atoms with Crippen molar-refractivity contribution in [2.45, 2.75) is 0 Å². The van der Waals surface area contributed by atoms with E-state index < -0.39 is 16.8 Å². The number of non-ortho nitro benzene ring substituents is 1. The van der Waals surface area contributed by atoms with E-state index in [0.29, 0.717) is 17.1 Å². The first-order chi connectivity index (χ1) is 16.0. The highest BCUT2D eigenvalue weighted by molar-refractivity contribution is 5.89. The molecule has 3 aromatic carbocycles. The molecule has 0 unspecified atom stereocenters. The van der Waals surface area contributed by atoms with E-state index in [-0.39, 0.29) is 12.3 Å². The summed E-state index contributed by atoms with van der Waals surface area (Å²) in [6, 6.07) is 21.3. The number of ether oxygens (including phenoxy) is 2. The van der Waals surface area contributed by atoms with Crippen LogP contribution in [0.25, 0.3) is 6.08 Å². The fourth-order valence-corrected chi connectivity index (χ4v) is 2.52. The number of nitro benzene ring substituents is 1. The molecule has 9 nitrogen and oxygen atoms in total. The number of benzene rings is 3. The summed E-state index contributed by atoms with van der Waals surface area (Å²) in [4.78, 5) is 33.8. The monoisotopic (exact) mass is 445 g/mol. The molecule has 0 atom stereocenters. The zero-order chi connectivity index (χ0) is 23.5. The summed E-state index contributed by atoms with van der Waals surface area (Å²) in [6.45, 7) is -0.305. The summed E-state index contributed by atoms with van der Waals surface area (Å²) in [5.74, 6) is -0.306. The molecule has 0 aliphatic carbocycles. The third-order valence-corrected chi connectivity index (χ3v) is 4.13. The number of rotatable bonds is 9. The Bertz CT molecular complexity index is 1160. The summed E-state index contributed by atoms with van der Waals surface area (Å²) in [5, 5.41) is 14.4. The van der Waals surface area contributed by atoms with Crippen molar-refractivity contribution in [1.82, 2.24) is 5.43 Å². The second kappa shape index (κ2) is 11.6. The lowest BCUT2D eigenvalue weighted by molar-refractivity contribution is -0.384. The van der Waals surface area contributed by atoms with E-state index >= 15 is 0 Å². The Kier molecular flexibility index (Phi) is 8.02. The predicted octanol–water partition coefficient (Wildman–Crippen LogP) is 3.74. The van der Waals surface area contributed by atoms with Crippen LogP contribution in [0.15, 0.2) is 90.0 Å². The van der Waals surface area contributed by atoms with Crippen LogP contribution in [-0.4, -0.2) is 29.6 Å². The number of nitrogens with one attached hydrogen (secondary N) is 1. The van der Waals surface area contributed by atoms with Crippen LogP contribution in [0.1, 0.15) is 11.1 Å². The SMILES string of the molecule is O=C(COc1ccc([N+](=O)[O-])cc1)N/N=C\c1ccc(OC(=O)/C=C/c2ccccc2)cc1. The van der Waals surface area contributed by atoms with E-state index in [2.05, 4.69) is 10.5 Å². The van der Waals surface area contributed by atoms with Crippen LogP contribution in [0.4, 0.5) is 5.69 Å². The van der Waals surface area contributed by atoms with Gasteiger partial charge in [0.25, 0.3) is 11.6 Å². The van der Waals surface area contributed by atoms with Gasteiger partial charge in [-0.05, 0) is 53.6 Å². The first kappa shape index (κ1) is 22.9. The summed E-state index contributed by atoms with van der Waals surface area (Å²) in [5.41, 5.74) is 3.81. The number of carbonyl (C=O) groups excluding carboxylic acids is 2. The molecule has 0 aliphatic rings. The van der Waals surface area contributed by atoms with E-state index in [4.69, 9.17) is 9.47 Å². The fourth-order valence-electron chi connectivity index (χ4n) is 2.52. The number of hydrogen-bond donors (Lipinski definition) is 1. The molecule has 0 aliphatic heterocycles. The number of amides is 1. The summed E-state index contributed by atoms with van der Waals surface area (Å²) in [7, 11) is 0. The molecule has 9 heteroatoms. The lowest BCUT2D eigenvalue weighted by Gasteiger charge is -2.04. The standard InChI is InChI=1S/C24H19N3O6/c28-23(17-32-21-13-9-20(10-14-21)27(30)31)26-25-16-19-6-11-22(12-7-19)33-24(29)15-8-18-4-2-1-3-5-18/h1-16H,17H2,(H,26,28)/b15-8+,25-16-. The third kappa shape index (κ3) is 7.76. The van der Waals surface area contributed by atoms with Crippen molar-refractivity contribution in [3.8, 4) is 11.5 Å². The number of nitro groups is 1. The maximum absolute atomic E-state index is 11.9. The molecular weight excluding hydrogens is 426 g/mol. The van der Waals surface area contributed by atoms with Crippen LogP contribution in [0.2, 0.25) is 0 Å². The molecule has 1 amide bonds. The van der Waals surface area contributed by atoms with Crippen molar-refractivity contribution >= 4 is 29.9 Å². The maximum Gasteiger partial charge on any atom is 0.336 e. The van der Waals surface area contributed by atoms with Gasteiger partial charge >= 0.3 is 5.97 Å². The van der Waals surface area contributed by atoms with Gasteiger partial charge in [-0.3, -0.25) is 14.9 Å². The Morgan fingerprint density at radius 3 is 2.24 bits per heavy atom. The van der Waals surface area contributed by atoms with Gasteiger partial charge in [0.05, 0.1) is 11.1 Å². The second-order valence-corrected chi connectivity index (χ2v) is 6.57. The van der Waals surface area contributed by atoms with Gasteiger partial charge < -0.3 is 9.47 Å². The molecule has 0 saturated carbocycles. The average molecular weight is 445 g/mol. The zero-order valence-corrected chi connectivity index (χ0v) is 17.3. The van der Waals surface area contributed by atoms with Crippen LogP contribution in [0, 0.1) is 10.1 Å². The molecule has 3 aromatic rings. The highest BCUT2D eigenvalue weighted by atomic mass is 16.6. The second-order valence-electron chi connectivity index (χ2n) is 6.57. The van der Waals surface area contributed by atoms with E-state index in [9.17, 15) is 19.7 Å². The molecule has 33 heavy (non-hydrogen) atoms. The van der Waals surface area contributed by atoms with Crippen molar-refractivity contribution in [2.75, 3.05) is 6.61 Å². The summed E-state index contributed by atoms with van der Waals surface area (Å²) >= 11 is 0. The quantitative estimate of drug-likeness (QED) is 0.134. The van der Waals surface area contributed by atoms with E-state index in [1.54, 1.807) is 30.3 Å². The summed E-state index contributed by atoms with van der Waals surface area (Å²) < 4.78 is 10.5. The minimum absolute atomic E-state index is 0.0687. The number of esters is 1. The maximum atomic E-state index is 11.9. The van der Waals surface area contributed by atoms with E-state index in [0.717, 1.165) is 5.56 Å². The van der Waals surface area contributed by atoms with Crippen LogP contribution in [0.3, 0.4) is 0 Å². The van der Waals surface area contributed by atoms with Gasteiger partial charge in [-0.15, -0.1) is 0 Å². The molecule has 0 fully saturated rings. The van der Waals surface area contributed by atoms with Gasteiger partial charge in [0.1, 0.15) is 11.5 Å². The predicted molar refractivity (Wildman–Crippen MR) is 122 cm³/mol. The normalized spacial score (nSPS) is 10.8. The van der Waals surface area contributed by atoms with Crippen molar-refractivity contribution < 1.29 is 24.0 Å².